The molecule has 0 aromatic heterocycles. The molecule has 0 atom stereocenters. The Balaban J connectivity index is 2.99. The quantitative estimate of drug-likeness (QED) is 0.476. The van der Waals surface area contributed by atoms with E-state index in [1.807, 2.05) is 0 Å². The smallest absolute Gasteiger partial charge is 0.205 e. The number of hydrogen-bond donors (Lipinski definition) is 0. The van der Waals surface area contributed by atoms with Crippen molar-refractivity contribution >= 4 is 7.41 Å². The molecule has 0 aliphatic carbocycles. The van der Waals surface area contributed by atoms with Gasteiger partial charge in [0.25, 0.3) is 0 Å². The molecule has 0 aromatic rings. The van der Waals surface area contributed by atoms with Crippen LogP contribution in [0.3, 0.4) is 0 Å². The van der Waals surface area contributed by atoms with Gasteiger partial charge in [-0.2, -0.15) is 0 Å². The van der Waals surface area contributed by atoms with E-state index >= 15 is 0 Å². The van der Waals surface area contributed by atoms with Gasteiger partial charge in [-0.25, -0.2) is 0 Å². The van der Waals surface area contributed by atoms with Crippen molar-refractivity contribution in [1.29, 1.82) is 0 Å². The van der Waals surface area contributed by atoms with Crippen molar-refractivity contribution in [2.24, 2.45) is 0 Å². The summed E-state index contributed by atoms with van der Waals surface area (Å²) in [6, 6.07) is 0. The molecular weight excluding hydrogens is 84.9 g/mol. The Labute approximate surface area is 47.0 Å². The van der Waals surface area contributed by atoms with Gasteiger partial charge in [0.05, 0.1) is 0 Å². The van der Waals surface area contributed by atoms with Crippen LogP contribution in [0.1, 0.15) is 13.8 Å². The summed E-state index contributed by atoms with van der Waals surface area (Å²) in [4.78, 5) is 2.25. The van der Waals surface area contributed by atoms with Crippen LogP contribution in [-0.4, -0.2) is 25.3 Å². The fourth-order valence-corrected chi connectivity index (χ4v) is 0.589. The molecule has 0 rings (SSSR count). The molecule has 0 heterocycles. The Bertz CT molecular complexity index is 29.6. The maximum absolute atomic E-state index is 2.25. The third-order valence-electron chi connectivity index (χ3n) is 1.18. The molecule has 0 amide bonds. The van der Waals surface area contributed by atoms with Gasteiger partial charge in [-0.15, -0.1) is 0 Å². The summed E-state index contributed by atoms with van der Waals surface area (Å²) in [5.41, 5.74) is 0. The van der Waals surface area contributed by atoms with Crippen LogP contribution < -0.4 is 0 Å². The molecule has 41 valence electrons. The first kappa shape index (κ1) is 7.02. The van der Waals surface area contributed by atoms with Crippen molar-refractivity contribution < 1.29 is 0 Å². The standard InChI is InChI=1S/C5H13BN/c1-4-7(5-2)6-3/h4-5H2,1-3H3. The van der Waals surface area contributed by atoms with E-state index in [9.17, 15) is 0 Å². The van der Waals surface area contributed by atoms with E-state index in [0.717, 1.165) is 13.1 Å². The van der Waals surface area contributed by atoms with E-state index in [2.05, 4.69) is 32.9 Å². The summed E-state index contributed by atoms with van der Waals surface area (Å²) in [5, 5.41) is 0. The van der Waals surface area contributed by atoms with Gasteiger partial charge in [-0.3, -0.25) is 0 Å². The van der Waals surface area contributed by atoms with E-state index in [1.165, 1.54) is 0 Å². The third-order valence-corrected chi connectivity index (χ3v) is 1.18. The molecule has 1 nitrogen and oxygen atoms in total. The molecule has 0 unspecified atom stereocenters. The van der Waals surface area contributed by atoms with Crippen LogP contribution in [0.5, 0.6) is 0 Å². The highest BCUT2D eigenvalue weighted by molar-refractivity contribution is 6.29. The predicted molar refractivity (Wildman–Crippen MR) is 34.5 cm³/mol. The van der Waals surface area contributed by atoms with Crippen molar-refractivity contribution in [2.75, 3.05) is 13.1 Å². The van der Waals surface area contributed by atoms with Gasteiger partial charge in [-0.05, 0) is 13.1 Å². The number of hydrogen-bond acceptors (Lipinski definition) is 1. The van der Waals surface area contributed by atoms with E-state index in [1.54, 1.807) is 0 Å². The largest absolute Gasteiger partial charge is 0.347 e. The summed E-state index contributed by atoms with van der Waals surface area (Å²) < 4.78 is 0. The van der Waals surface area contributed by atoms with Crippen LogP contribution in [0.4, 0.5) is 0 Å². The molecule has 0 saturated heterocycles. The van der Waals surface area contributed by atoms with E-state index in [-0.39, 0.29) is 0 Å². The molecule has 2 heteroatoms. The summed E-state index contributed by atoms with van der Waals surface area (Å²) in [6.45, 7) is 8.64. The maximum Gasteiger partial charge on any atom is 0.205 e. The van der Waals surface area contributed by atoms with Gasteiger partial charge in [0.2, 0.25) is 7.41 Å². The highest BCUT2D eigenvalue weighted by Crippen LogP contribution is 1.79. The zero-order valence-corrected chi connectivity index (χ0v) is 5.44. The lowest BCUT2D eigenvalue weighted by Crippen LogP contribution is -2.24. The monoisotopic (exact) mass is 98.1 g/mol. The lowest BCUT2D eigenvalue weighted by molar-refractivity contribution is 0.496. The second-order valence-corrected chi connectivity index (χ2v) is 1.48. The van der Waals surface area contributed by atoms with Gasteiger partial charge >= 0.3 is 0 Å². The fourth-order valence-electron chi connectivity index (χ4n) is 0.589. The first-order valence-electron chi connectivity index (χ1n) is 2.88. The minimum absolute atomic E-state index is 1.13. The van der Waals surface area contributed by atoms with Crippen molar-refractivity contribution in [3.05, 3.63) is 0 Å². The molecular formula is C5H13BN. The van der Waals surface area contributed by atoms with Gasteiger partial charge in [-0.1, -0.05) is 20.7 Å². The highest BCUT2D eigenvalue weighted by Gasteiger charge is 1.91. The Kier molecular flexibility index (Phi) is 4.21. The Morgan fingerprint density at radius 3 is 1.71 bits per heavy atom. The summed E-state index contributed by atoms with van der Waals surface area (Å²) in [7, 11) is 2.11. The van der Waals surface area contributed by atoms with Crippen molar-refractivity contribution in [3.8, 4) is 0 Å². The molecule has 0 bridgehead atoms. The number of nitrogens with zero attached hydrogens (tertiary/aromatic N) is 1. The molecule has 0 saturated carbocycles. The van der Waals surface area contributed by atoms with Crippen molar-refractivity contribution in [2.45, 2.75) is 20.7 Å². The van der Waals surface area contributed by atoms with Crippen LogP contribution in [0.2, 0.25) is 6.82 Å². The van der Waals surface area contributed by atoms with E-state index in [0.29, 0.717) is 0 Å². The molecule has 0 fully saturated rings. The first-order chi connectivity index (χ1) is 3.35. The maximum atomic E-state index is 2.25. The van der Waals surface area contributed by atoms with Crippen LogP contribution in [0.25, 0.3) is 0 Å². The van der Waals surface area contributed by atoms with E-state index < -0.39 is 0 Å². The Morgan fingerprint density at radius 2 is 1.71 bits per heavy atom. The van der Waals surface area contributed by atoms with Crippen LogP contribution in [0, 0.1) is 0 Å². The predicted octanol–water partition coefficient (Wildman–Crippen LogP) is 0.995. The fraction of sp³-hybridized carbons (Fsp3) is 1.00. The zero-order valence-electron chi connectivity index (χ0n) is 5.44. The Morgan fingerprint density at radius 1 is 1.29 bits per heavy atom. The molecule has 0 aliphatic heterocycles. The second kappa shape index (κ2) is 4.19. The summed E-state index contributed by atoms with van der Waals surface area (Å²) in [5.74, 6) is 0. The van der Waals surface area contributed by atoms with Crippen LogP contribution in [0.15, 0.2) is 0 Å². The molecule has 0 aromatic carbocycles. The van der Waals surface area contributed by atoms with Crippen molar-refractivity contribution in [1.82, 2.24) is 4.81 Å². The second-order valence-electron chi connectivity index (χ2n) is 1.48. The Hall–Kier alpha value is 0.0249. The molecule has 7 heavy (non-hydrogen) atoms. The first-order valence-corrected chi connectivity index (χ1v) is 2.88. The highest BCUT2D eigenvalue weighted by atomic mass is 15.0. The molecule has 0 aliphatic rings. The zero-order chi connectivity index (χ0) is 5.70. The average Bonchev–Trinajstić information content (AvgIpc) is 1.72. The van der Waals surface area contributed by atoms with Gasteiger partial charge in [0.15, 0.2) is 0 Å². The molecule has 1 radical (unpaired) electrons. The van der Waals surface area contributed by atoms with Crippen molar-refractivity contribution in [3.63, 3.8) is 0 Å². The normalized spacial score (nSPS) is 9.71. The van der Waals surface area contributed by atoms with Gasteiger partial charge in [0.1, 0.15) is 0 Å². The van der Waals surface area contributed by atoms with Gasteiger partial charge < -0.3 is 4.81 Å². The lowest BCUT2D eigenvalue weighted by Gasteiger charge is -2.12. The minimum Gasteiger partial charge on any atom is -0.347 e. The minimum atomic E-state index is 1.13. The lowest BCUT2D eigenvalue weighted by atomic mass is 9.96. The summed E-state index contributed by atoms with van der Waals surface area (Å²) in [6.07, 6.45) is 0. The topological polar surface area (TPSA) is 3.24 Å². The third kappa shape index (κ3) is 2.69. The summed E-state index contributed by atoms with van der Waals surface area (Å²) >= 11 is 0. The average molecular weight is 98.0 g/mol. The van der Waals surface area contributed by atoms with Crippen LogP contribution in [-0.2, 0) is 0 Å². The number of rotatable bonds is 3. The molecule has 0 N–H and O–H groups in total. The molecule has 0 spiro atoms. The van der Waals surface area contributed by atoms with E-state index in [4.69, 9.17) is 0 Å². The SMILES string of the molecule is C[B]N(CC)CC. The van der Waals surface area contributed by atoms with Gasteiger partial charge in [0, 0.05) is 0 Å². The van der Waals surface area contributed by atoms with Crippen LogP contribution >= 0.6 is 0 Å².